The van der Waals surface area contributed by atoms with E-state index in [0.29, 0.717) is 0 Å². The number of aliphatic hydroxyl groups excluding tert-OH is 1. The topological polar surface area (TPSA) is 57.5 Å². The van der Waals surface area contributed by atoms with E-state index in [1.165, 1.54) is 0 Å². The zero-order valence-corrected chi connectivity index (χ0v) is 5.53. The van der Waals surface area contributed by atoms with Gasteiger partial charge in [0.05, 0.1) is 6.42 Å². The first-order valence-electron chi connectivity index (χ1n) is 2.25. The summed E-state index contributed by atoms with van der Waals surface area (Å²) in [7, 11) is 2.25. The number of hydrogen-bond acceptors (Lipinski definition) is 2. The van der Waals surface area contributed by atoms with E-state index in [1.54, 1.807) is 0 Å². The van der Waals surface area contributed by atoms with E-state index in [-0.39, 0.29) is 18.7 Å². The number of carboxylic acid groups (broad SMARTS) is 1. The minimum atomic E-state index is -0.876. The second-order valence-corrected chi connectivity index (χ2v) is 2.48. The molecule has 0 aliphatic rings. The number of rotatable bonds is 3. The standard InChI is InChI=1S/C4H9O3P/c5-2-3(8)1-4(6)7/h3,5H,1-2,8H2,(H,6,7). The molecule has 2 atom stereocenters. The number of aliphatic carboxylic acids is 1. The molecule has 0 aromatic rings. The van der Waals surface area contributed by atoms with Crippen molar-refractivity contribution in [1.82, 2.24) is 0 Å². The summed E-state index contributed by atoms with van der Waals surface area (Å²) in [5, 5.41) is 16.4. The highest BCUT2D eigenvalue weighted by atomic mass is 31.0. The smallest absolute Gasteiger partial charge is 0.304 e. The lowest BCUT2D eigenvalue weighted by atomic mass is 10.3. The molecule has 0 aliphatic heterocycles. The van der Waals surface area contributed by atoms with Crippen LogP contribution < -0.4 is 0 Å². The van der Waals surface area contributed by atoms with Gasteiger partial charge in [-0.1, -0.05) is 0 Å². The molecule has 3 nitrogen and oxygen atoms in total. The van der Waals surface area contributed by atoms with Crippen LogP contribution in [0.25, 0.3) is 0 Å². The van der Waals surface area contributed by atoms with E-state index in [9.17, 15) is 4.79 Å². The van der Waals surface area contributed by atoms with E-state index in [2.05, 4.69) is 9.24 Å². The molecule has 0 radical (unpaired) electrons. The van der Waals surface area contributed by atoms with Crippen molar-refractivity contribution in [3.63, 3.8) is 0 Å². The first-order chi connectivity index (χ1) is 3.66. The molecular formula is C4H9O3P. The summed E-state index contributed by atoms with van der Waals surface area (Å²) in [6.07, 6.45) is 0.0150. The maximum absolute atomic E-state index is 9.84. The van der Waals surface area contributed by atoms with Crippen LogP contribution in [0.15, 0.2) is 0 Å². The van der Waals surface area contributed by atoms with Crippen molar-refractivity contribution in [3.8, 4) is 0 Å². The van der Waals surface area contributed by atoms with Crippen LogP contribution in [0.3, 0.4) is 0 Å². The molecule has 8 heavy (non-hydrogen) atoms. The Hall–Kier alpha value is -0.140. The monoisotopic (exact) mass is 136 g/mol. The molecule has 4 heteroatoms. The summed E-state index contributed by atoms with van der Waals surface area (Å²) in [6.45, 7) is -0.0863. The fourth-order valence-corrected chi connectivity index (χ4v) is 0.490. The Balaban J connectivity index is 3.24. The van der Waals surface area contributed by atoms with Crippen molar-refractivity contribution in [2.24, 2.45) is 0 Å². The van der Waals surface area contributed by atoms with Crippen molar-refractivity contribution in [1.29, 1.82) is 0 Å². The van der Waals surface area contributed by atoms with Gasteiger partial charge in [-0.15, -0.1) is 9.24 Å². The highest BCUT2D eigenvalue weighted by Gasteiger charge is 2.04. The quantitative estimate of drug-likeness (QED) is 0.523. The largest absolute Gasteiger partial charge is 0.481 e. The first kappa shape index (κ1) is 7.86. The van der Waals surface area contributed by atoms with Crippen LogP contribution in [0.2, 0.25) is 0 Å². The van der Waals surface area contributed by atoms with Gasteiger partial charge in [0.15, 0.2) is 0 Å². The summed E-state index contributed by atoms with van der Waals surface area (Å²) < 4.78 is 0. The lowest BCUT2D eigenvalue weighted by molar-refractivity contribution is -0.137. The summed E-state index contributed by atoms with van der Waals surface area (Å²) in [5.41, 5.74) is -0.201. The molecule has 0 rings (SSSR count). The average Bonchev–Trinajstić information content (AvgIpc) is 1.65. The molecule has 2 N–H and O–H groups in total. The van der Waals surface area contributed by atoms with Gasteiger partial charge in [0.25, 0.3) is 0 Å². The summed E-state index contributed by atoms with van der Waals surface area (Å²) in [4.78, 5) is 9.84. The summed E-state index contributed by atoms with van der Waals surface area (Å²) in [6, 6.07) is 0. The lowest BCUT2D eigenvalue weighted by Gasteiger charge is -1.99. The van der Waals surface area contributed by atoms with Crippen LogP contribution in [0.1, 0.15) is 6.42 Å². The Bertz CT molecular complexity index is 83.4. The van der Waals surface area contributed by atoms with Crippen molar-refractivity contribution in [2.45, 2.75) is 12.1 Å². The van der Waals surface area contributed by atoms with Crippen LogP contribution in [0, 0.1) is 0 Å². The Labute approximate surface area is 49.9 Å². The Morgan fingerprint density at radius 2 is 2.25 bits per heavy atom. The molecule has 2 unspecified atom stereocenters. The van der Waals surface area contributed by atoms with E-state index in [4.69, 9.17) is 10.2 Å². The summed E-state index contributed by atoms with van der Waals surface area (Å²) in [5.74, 6) is -0.876. The molecule has 0 spiro atoms. The third kappa shape index (κ3) is 4.03. The Morgan fingerprint density at radius 1 is 1.75 bits per heavy atom. The highest BCUT2D eigenvalue weighted by Crippen LogP contribution is 2.02. The van der Waals surface area contributed by atoms with Gasteiger partial charge in [-0.2, -0.15) is 0 Å². The minimum absolute atomic E-state index is 0.0150. The first-order valence-corrected chi connectivity index (χ1v) is 2.91. The minimum Gasteiger partial charge on any atom is -0.481 e. The molecule has 48 valence electrons. The molecule has 0 bridgehead atoms. The maximum atomic E-state index is 9.84. The van der Waals surface area contributed by atoms with Gasteiger partial charge in [0, 0.05) is 12.3 Å². The van der Waals surface area contributed by atoms with E-state index >= 15 is 0 Å². The molecule has 0 amide bonds. The van der Waals surface area contributed by atoms with Crippen molar-refractivity contribution in [2.75, 3.05) is 6.61 Å². The van der Waals surface area contributed by atoms with Crippen LogP contribution in [0.5, 0.6) is 0 Å². The van der Waals surface area contributed by atoms with Gasteiger partial charge in [-0.3, -0.25) is 4.79 Å². The second-order valence-electron chi connectivity index (χ2n) is 1.54. The van der Waals surface area contributed by atoms with Crippen LogP contribution in [0.4, 0.5) is 0 Å². The average molecular weight is 136 g/mol. The third-order valence-electron chi connectivity index (χ3n) is 0.671. The molecule has 0 aromatic heterocycles. The van der Waals surface area contributed by atoms with Gasteiger partial charge < -0.3 is 10.2 Å². The fourth-order valence-electron chi connectivity index (χ4n) is 0.289. The highest BCUT2D eigenvalue weighted by molar-refractivity contribution is 7.17. The van der Waals surface area contributed by atoms with Gasteiger partial charge in [0.2, 0.25) is 0 Å². The second kappa shape index (κ2) is 3.81. The van der Waals surface area contributed by atoms with E-state index < -0.39 is 5.97 Å². The Morgan fingerprint density at radius 3 is 2.38 bits per heavy atom. The van der Waals surface area contributed by atoms with Crippen LogP contribution >= 0.6 is 9.24 Å². The summed E-state index contributed by atoms with van der Waals surface area (Å²) >= 11 is 0. The normalized spacial score (nSPS) is 13.2. The molecule has 0 aromatic carbocycles. The lowest BCUT2D eigenvalue weighted by Crippen LogP contribution is -2.09. The van der Waals surface area contributed by atoms with Crippen molar-refractivity contribution >= 4 is 15.2 Å². The molecule has 0 heterocycles. The maximum Gasteiger partial charge on any atom is 0.304 e. The molecule has 0 aliphatic carbocycles. The van der Waals surface area contributed by atoms with Gasteiger partial charge >= 0.3 is 5.97 Å². The van der Waals surface area contributed by atoms with Gasteiger partial charge in [-0.25, -0.2) is 0 Å². The van der Waals surface area contributed by atoms with Crippen LogP contribution in [-0.2, 0) is 4.79 Å². The SMILES string of the molecule is O=C(O)CC(P)CO. The third-order valence-corrected chi connectivity index (χ3v) is 1.12. The molecular weight excluding hydrogens is 127 g/mol. The van der Waals surface area contributed by atoms with Crippen molar-refractivity contribution in [3.05, 3.63) is 0 Å². The molecule has 0 saturated carbocycles. The fraction of sp³-hybridized carbons (Fsp3) is 0.750. The number of carboxylic acids is 1. The van der Waals surface area contributed by atoms with Crippen LogP contribution in [-0.4, -0.2) is 28.4 Å². The molecule has 0 fully saturated rings. The molecule has 0 saturated heterocycles. The number of aliphatic hydroxyl groups is 1. The van der Waals surface area contributed by atoms with E-state index in [0.717, 1.165) is 0 Å². The van der Waals surface area contributed by atoms with Crippen molar-refractivity contribution < 1.29 is 15.0 Å². The van der Waals surface area contributed by atoms with E-state index in [1.807, 2.05) is 0 Å². The Kier molecular flexibility index (Phi) is 3.75. The van der Waals surface area contributed by atoms with Gasteiger partial charge in [-0.05, 0) is 0 Å². The predicted molar refractivity (Wildman–Crippen MR) is 32.8 cm³/mol. The zero-order valence-electron chi connectivity index (χ0n) is 4.37. The number of hydrogen-bond donors (Lipinski definition) is 2. The zero-order chi connectivity index (χ0) is 6.57. The number of carbonyl (C=O) groups is 1. The van der Waals surface area contributed by atoms with Gasteiger partial charge in [0.1, 0.15) is 0 Å². The predicted octanol–water partition coefficient (Wildman–Crippen LogP) is -0.303.